The summed E-state index contributed by atoms with van der Waals surface area (Å²) in [5, 5.41) is 9.60. The highest BCUT2D eigenvalue weighted by atomic mass is 19.1. The molecule has 0 saturated heterocycles. The van der Waals surface area contributed by atoms with Crippen LogP contribution in [0.15, 0.2) is 12.1 Å². The van der Waals surface area contributed by atoms with Gasteiger partial charge in [0.15, 0.2) is 11.6 Å². The quantitative estimate of drug-likeness (QED) is 0.671. The van der Waals surface area contributed by atoms with E-state index < -0.39 is 11.9 Å². The average molecular weight is 320 g/mol. The molecule has 0 radical (unpaired) electrons. The zero-order valence-electron chi connectivity index (χ0n) is 13.8. The highest BCUT2D eigenvalue weighted by molar-refractivity contribution is 5.78. The number of ether oxygens (including phenoxy) is 1. The lowest BCUT2D eigenvalue weighted by Crippen LogP contribution is -2.35. The van der Waals surface area contributed by atoms with Gasteiger partial charge in [-0.15, -0.1) is 0 Å². The summed E-state index contributed by atoms with van der Waals surface area (Å²) in [5.41, 5.74) is 0.924. The third-order valence-electron chi connectivity index (χ3n) is 5.64. The first-order chi connectivity index (χ1) is 11.0. The molecule has 1 aromatic rings. The molecule has 1 fully saturated rings. The minimum absolute atomic E-state index is 0.0203. The van der Waals surface area contributed by atoms with E-state index in [1.807, 2.05) is 0 Å². The lowest BCUT2D eigenvalue weighted by atomic mass is 9.73. The molecule has 1 aliphatic carbocycles. The Morgan fingerprint density at radius 1 is 1.30 bits per heavy atom. The van der Waals surface area contributed by atoms with Crippen LogP contribution in [0.4, 0.5) is 4.39 Å². The summed E-state index contributed by atoms with van der Waals surface area (Å²) in [4.78, 5) is 12.4. The Morgan fingerprint density at radius 2 is 2.00 bits per heavy atom. The van der Waals surface area contributed by atoms with Crippen LogP contribution in [-0.2, 0) is 11.2 Å². The molecule has 1 aliphatic heterocycles. The van der Waals surface area contributed by atoms with Gasteiger partial charge in [-0.2, -0.15) is 0 Å². The number of rotatable bonds is 3. The minimum atomic E-state index is -0.916. The second kappa shape index (κ2) is 6.60. The van der Waals surface area contributed by atoms with Crippen LogP contribution in [0.3, 0.4) is 0 Å². The molecule has 126 valence electrons. The van der Waals surface area contributed by atoms with Crippen LogP contribution in [-0.4, -0.2) is 11.1 Å². The van der Waals surface area contributed by atoms with Crippen LogP contribution < -0.4 is 4.74 Å². The molecule has 1 heterocycles. The van der Waals surface area contributed by atoms with E-state index in [1.165, 1.54) is 26.2 Å². The summed E-state index contributed by atoms with van der Waals surface area (Å²) in [6, 6.07) is 3.39. The van der Waals surface area contributed by atoms with Crippen molar-refractivity contribution in [2.45, 2.75) is 58.5 Å². The van der Waals surface area contributed by atoms with Gasteiger partial charge in [-0.25, -0.2) is 4.39 Å². The van der Waals surface area contributed by atoms with Gasteiger partial charge in [-0.1, -0.05) is 38.3 Å². The van der Waals surface area contributed by atoms with Crippen LogP contribution in [0.1, 0.15) is 63.2 Å². The van der Waals surface area contributed by atoms with E-state index in [-0.39, 0.29) is 23.2 Å². The fourth-order valence-electron chi connectivity index (χ4n) is 4.06. The maximum absolute atomic E-state index is 14.4. The van der Waals surface area contributed by atoms with E-state index in [4.69, 9.17) is 4.74 Å². The largest absolute Gasteiger partial charge is 0.423 e. The summed E-state index contributed by atoms with van der Waals surface area (Å²) in [6.45, 7) is 3.73. The van der Waals surface area contributed by atoms with Crippen LogP contribution in [0, 0.1) is 23.6 Å². The van der Waals surface area contributed by atoms with Gasteiger partial charge >= 0.3 is 5.97 Å². The van der Waals surface area contributed by atoms with Gasteiger partial charge < -0.3 is 9.84 Å². The van der Waals surface area contributed by atoms with Crippen molar-refractivity contribution in [2.24, 2.45) is 17.8 Å². The maximum atomic E-state index is 14.4. The lowest BCUT2D eigenvalue weighted by Gasteiger charge is -2.35. The topological polar surface area (TPSA) is 46.5 Å². The maximum Gasteiger partial charge on any atom is 0.315 e. The molecule has 2 atom stereocenters. The van der Waals surface area contributed by atoms with E-state index in [1.54, 1.807) is 12.1 Å². The summed E-state index contributed by atoms with van der Waals surface area (Å²) >= 11 is 0. The monoisotopic (exact) mass is 320 g/mol. The summed E-state index contributed by atoms with van der Waals surface area (Å²) < 4.78 is 19.8. The van der Waals surface area contributed by atoms with Gasteiger partial charge in [0.05, 0.1) is 12.0 Å². The Labute approximate surface area is 136 Å². The zero-order valence-corrected chi connectivity index (χ0v) is 13.8. The van der Waals surface area contributed by atoms with Gasteiger partial charge in [0.25, 0.3) is 0 Å². The number of esters is 1. The number of aliphatic hydroxyl groups is 1. The normalized spacial score (nSPS) is 28.9. The van der Waals surface area contributed by atoms with Crippen molar-refractivity contribution < 1.29 is 19.0 Å². The van der Waals surface area contributed by atoms with E-state index in [9.17, 15) is 14.3 Å². The molecular weight excluding hydrogens is 295 g/mol. The zero-order chi connectivity index (χ0) is 16.6. The predicted molar refractivity (Wildman–Crippen MR) is 85.6 cm³/mol. The highest BCUT2D eigenvalue weighted by Crippen LogP contribution is 2.41. The molecule has 1 saturated carbocycles. The van der Waals surface area contributed by atoms with E-state index >= 15 is 0 Å². The van der Waals surface area contributed by atoms with Gasteiger partial charge in [-0.05, 0) is 43.6 Å². The van der Waals surface area contributed by atoms with Crippen molar-refractivity contribution in [3.05, 3.63) is 29.1 Å². The van der Waals surface area contributed by atoms with Crippen LogP contribution in [0.25, 0.3) is 0 Å². The number of fused-ring (bicyclic) bond motifs is 1. The molecular formula is C19H25FO3. The number of hydrogen-bond donors (Lipinski definition) is 1. The van der Waals surface area contributed by atoms with Gasteiger partial charge in [-0.3, -0.25) is 4.79 Å². The van der Waals surface area contributed by atoms with E-state index in [0.717, 1.165) is 24.3 Å². The standard InChI is InChI=1S/C19H25FO3/c1-3-12-4-6-13(7-5-12)16-10-14-8-9-15(11(2)21)17(20)18(14)23-19(16)22/h8-9,11-13,16,21H,3-7,10H2,1-2H3. The fraction of sp³-hybridized carbons (Fsp3) is 0.632. The number of hydrogen-bond acceptors (Lipinski definition) is 3. The summed E-state index contributed by atoms with van der Waals surface area (Å²) in [7, 11) is 0. The molecule has 1 aromatic carbocycles. The van der Waals surface area contributed by atoms with Crippen molar-refractivity contribution in [3.8, 4) is 5.75 Å². The molecule has 2 aliphatic rings. The van der Waals surface area contributed by atoms with E-state index in [0.29, 0.717) is 12.3 Å². The molecule has 4 heteroatoms. The molecule has 3 nitrogen and oxygen atoms in total. The first-order valence-electron chi connectivity index (χ1n) is 8.72. The number of carbonyl (C=O) groups excluding carboxylic acids is 1. The van der Waals surface area contributed by atoms with Crippen LogP contribution in [0.5, 0.6) is 5.75 Å². The predicted octanol–water partition coefficient (Wildman–Crippen LogP) is 4.17. The van der Waals surface area contributed by atoms with E-state index in [2.05, 4.69) is 6.92 Å². The summed E-state index contributed by atoms with van der Waals surface area (Å²) in [5.74, 6) is 0.0872. The Bertz CT molecular complexity index is 589. The fourth-order valence-corrected chi connectivity index (χ4v) is 4.06. The van der Waals surface area contributed by atoms with Crippen molar-refractivity contribution in [2.75, 3.05) is 0 Å². The van der Waals surface area contributed by atoms with Crippen molar-refractivity contribution in [3.63, 3.8) is 0 Å². The van der Waals surface area contributed by atoms with Crippen molar-refractivity contribution >= 4 is 5.97 Å². The minimum Gasteiger partial charge on any atom is -0.423 e. The molecule has 23 heavy (non-hydrogen) atoms. The Hall–Kier alpha value is -1.42. The highest BCUT2D eigenvalue weighted by Gasteiger charge is 2.38. The number of benzene rings is 1. The summed E-state index contributed by atoms with van der Waals surface area (Å²) in [6.07, 6.45) is 5.30. The second-order valence-corrected chi connectivity index (χ2v) is 7.05. The Morgan fingerprint density at radius 3 is 2.61 bits per heavy atom. The molecule has 3 rings (SSSR count). The van der Waals surface area contributed by atoms with Crippen molar-refractivity contribution in [1.82, 2.24) is 0 Å². The molecule has 1 N–H and O–H groups in total. The number of halogens is 1. The smallest absolute Gasteiger partial charge is 0.315 e. The van der Waals surface area contributed by atoms with Crippen molar-refractivity contribution in [1.29, 1.82) is 0 Å². The number of aliphatic hydroxyl groups excluding tert-OH is 1. The molecule has 0 bridgehead atoms. The van der Waals surface area contributed by atoms with Gasteiger partial charge in [0, 0.05) is 5.56 Å². The lowest BCUT2D eigenvalue weighted by molar-refractivity contribution is -0.143. The van der Waals surface area contributed by atoms with Crippen LogP contribution >= 0.6 is 0 Å². The SMILES string of the molecule is CCC1CCC(C2Cc3ccc(C(C)O)c(F)c3OC2=O)CC1. The first kappa shape index (κ1) is 16.4. The second-order valence-electron chi connectivity index (χ2n) is 7.05. The first-order valence-corrected chi connectivity index (χ1v) is 8.72. The van der Waals surface area contributed by atoms with Gasteiger partial charge in [0.2, 0.25) is 0 Å². The third kappa shape index (κ3) is 3.14. The molecule has 0 spiro atoms. The van der Waals surface area contributed by atoms with Gasteiger partial charge in [0.1, 0.15) is 0 Å². The number of carbonyl (C=O) groups is 1. The average Bonchev–Trinajstić information content (AvgIpc) is 2.55. The molecule has 0 amide bonds. The third-order valence-corrected chi connectivity index (χ3v) is 5.64. The van der Waals surface area contributed by atoms with Crippen LogP contribution in [0.2, 0.25) is 0 Å². The molecule has 2 unspecified atom stereocenters. The Balaban J connectivity index is 1.79. The Kier molecular flexibility index (Phi) is 4.72. The molecule has 0 aromatic heterocycles.